The van der Waals surface area contributed by atoms with Crippen molar-refractivity contribution in [2.45, 2.75) is 13.5 Å². The van der Waals surface area contributed by atoms with Crippen LogP contribution in [0.15, 0.2) is 53.3 Å². The molecule has 3 N–H and O–H groups in total. The number of nitrogens with two attached hydrogens (primary N) is 1. The molecule has 0 bridgehead atoms. The van der Waals surface area contributed by atoms with E-state index in [4.69, 9.17) is 10.5 Å². The molecule has 0 unspecified atom stereocenters. The van der Waals surface area contributed by atoms with E-state index in [2.05, 4.69) is 25.4 Å². The van der Waals surface area contributed by atoms with Crippen LogP contribution in [-0.4, -0.2) is 30.7 Å². The smallest absolute Gasteiger partial charge is 0.359 e. The highest BCUT2D eigenvalue weighted by Gasteiger charge is 2.18. The van der Waals surface area contributed by atoms with Crippen LogP contribution in [0.2, 0.25) is 0 Å². The van der Waals surface area contributed by atoms with Gasteiger partial charge >= 0.3 is 5.97 Å². The standard InChI is InChI=1S/C21H19N7O3/c1-12-7-9-13(10-8-12)23-21-25-16(24-20(22)26-21)11-31-19(30)17-14-5-3-4-6-15(14)18(29)28(2)27-17/h3-10H,11H2,1-2H3,(H3,22,23,24,25,26). The van der Waals surface area contributed by atoms with E-state index in [0.29, 0.717) is 10.8 Å². The number of carbonyl (C=O) groups is 1. The molecule has 0 aliphatic rings. The van der Waals surface area contributed by atoms with E-state index in [-0.39, 0.29) is 35.6 Å². The van der Waals surface area contributed by atoms with Gasteiger partial charge in [-0.1, -0.05) is 35.9 Å². The van der Waals surface area contributed by atoms with Gasteiger partial charge in [-0.15, -0.1) is 0 Å². The first-order valence-corrected chi connectivity index (χ1v) is 9.38. The van der Waals surface area contributed by atoms with Crippen LogP contribution in [0.5, 0.6) is 0 Å². The summed E-state index contributed by atoms with van der Waals surface area (Å²) in [6.07, 6.45) is 0. The van der Waals surface area contributed by atoms with Gasteiger partial charge in [-0.05, 0) is 25.1 Å². The topological polar surface area (TPSA) is 138 Å². The van der Waals surface area contributed by atoms with E-state index in [1.807, 2.05) is 31.2 Å². The Morgan fingerprint density at radius 1 is 1.06 bits per heavy atom. The maximum absolute atomic E-state index is 12.7. The number of esters is 1. The van der Waals surface area contributed by atoms with Gasteiger partial charge < -0.3 is 15.8 Å². The number of fused-ring (bicyclic) bond motifs is 1. The second-order valence-electron chi connectivity index (χ2n) is 6.82. The van der Waals surface area contributed by atoms with Crippen molar-refractivity contribution in [2.75, 3.05) is 11.1 Å². The number of nitrogens with zero attached hydrogens (tertiary/aromatic N) is 5. The minimum Gasteiger partial charge on any atom is -0.453 e. The normalized spacial score (nSPS) is 10.8. The Balaban J connectivity index is 1.54. The van der Waals surface area contributed by atoms with Crippen molar-refractivity contribution in [1.82, 2.24) is 24.7 Å². The highest BCUT2D eigenvalue weighted by molar-refractivity contribution is 6.02. The summed E-state index contributed by atoms with van der Waals surface area (Å²) in [6.45, 7) is 1.74. The Morgan fingerprint density at radius 2 is 1.77 bits per heavy atom. The number of ether oxygens (including phenoxy) is 1. The summed E-state index contributed by atoms with van der Waals surface area (Å²) in [4.78, 5) is 37.2. The molecule has 4 aromatic rings. The van der Waals surface area contributed by atoms with Gasteiger partial charge in [0.15, 0.2) is 18.1 Å². The largest absolute Gasteiger partial charge is 0.453 e. The lowest BCUT2D eigenvalue weighted by Gasteiger charge is -2.09. The van der Waals surface area contributed by atoms with Crippen LogP contribution in [0.3, 0.4) is 0 Å². The molecule has 0 saturated carbocycles. The molecule has 0 spiro atoms. The average molecular weight is 417 g/mol. The van der Waals surface area contributed by atoms with Crippen LogP contribution in [0, 0.1) is 6.92 Å². The summed E-state index contributed by atoms with van der Waals surface area (Å²) in [7, 11) is 1.47. The van der Waals surface area contributed by atoms with Crippen LogP contribution < -0.4 is 16.6 Å². The zero-order valence-electron chi connectivity index (χ0n) is 16.9. The Kier molecular flexibility index (Phi) is 5.27. The van der Waals surface area contributed by atoms with Crippen molar-refractivity contribution in [3.63, 3.8) is 0 Å². The van der Waals surface area contributed by atoms with Gasteiger partial charge in [-0.3, -0.25) is 4.79 Å². The highest BCUT2D eigenvalue weighted by Crippen LogP contribution is 2.16. The molecule has 0 aliphatic heterocycles. The van der Waals surface area contributed by atoms with Crippen LogP contribution in [0.25, 0.3) is 10.8 Å². The Labute approximate surface area is 176 Å². The van der Waals surface area contributed by atoms with Gasteiger partial charge in [0.2, 0.25) is 11.9 Å². The highest BCUT2D eigenvalue weighted by atomic mass is 16.5. The fourth-order valence-corrected chi connectivity index (χ4v) is 2.97. The van der Waals surface area contributed by atoms with Gasteiger partial charge in [0.25, 0.3) is 5.56 Å². The molecular weight excluding hydrogens is 398 g/mol. The zero-order chi connectivity index (χ0) is 22.0. The lowest BCUT2D eigenvalue weighted by atomic mass is 10.1. The van der Waals surface area contributed by atoms with Crippen molar-refractivity contribution < 1.29 is 9.53 Å². The van der Waals surface area contributed by atoms with Crippen molar-refractivity contribution in [2.24, 2.45) is 7.05 Å². The third-order valence-corrected chi connectivity index (χ3v) is 4.49. The average Bonchev–Trinajstić information content (AvgIpc) is 2.76. The van der Waals surface area contributed by atoms with Crippen molar-refractivity contribution in [3.8, 4) is 0 Å². The fraction of sp³-hybridized carbons (Fsp3) is 0.143. The van der Waals surface area contributed by atoms with Gasteiger partial charge in [0, 0.05) is 18.1 Å². The second-order valence-corrected chi connectivity index (χ2v) is 6.82. The number of benzene rings is 2. The first-order valence-electron chi connectivity index (χ1n) is 9.38. The van der Waals surface area contributed by atoms with Gasteiger partial charge in [0.1, 0.15) is 0 Å². The third-order valence-electron chi connectivity index (χ3n) is 4.49. The summed E-state index contributed by atoms with van der Waals surface area (Å²) < 4.78 is 6.44. The molecule has 0 aliphatic carbocycles. The molecule has 10 nitrogen and oxygen atoms in total. The minimum absolute atomic E-state index is 0.0126. The molecule has 0 saturated heterocycles. The maximum atomic E-state index is 12.7. The Hall–Kier alpha value is -4.34. The number of nitrogen functional groups attached to an aromatic ring is 1. The summed E-state index contributed by atoms with van der Waals surface area (Å²) in [6, 6.07) is 14.4. The summed E-state index contributed by atoms with van der Waals surface area (Å²) in [5, 5.41) is 7.87. The lowest BCUT2D eigenvalue weighted by Crippen LogP contribution is -2.24. The molecule has 0 atom stereocenters. The molecule has 2 aromatic carbocycles. The maximum Gasteiger partial charge on any atom is 0.359 e. The molecule has 2 aromatic heterocycles. The predicted molar refractivity (Wildman–Crippen MR) is 115 cm³/mol. The van der Waals surface area contributed by atoms with Crippen molar-refractivity contribution in [1.29, 1.82) is 0 Å². The SMILES string of the molecule is Cc1ccc(Nc2nc(N)nc(COC(=O)c3nn(C)c(=O)c4ccccc34)n2)cc1. The van der Waals surface area contributed by atoms with Crippen LogP contribution in [-0.2, 0) is 18.4 Å². The van der Waals surface area contributed by atoms with E-state index >= 15 is 0 Å². The number of carbonyl (C=O) groups excluding carboxylic acids is 1. The molecule has 2 heterocycles. The van der Waals surface area contributed by atoms with E-state index in [9.17, 15) is 9.59 Å². The molecule has 0 fully saturated rings. The van der Waals surface area contributed by atoms with E-state index in [0.717, 1.165) is 15.9 Å². The first-order chi connectivity index (χ1) is 14.9. The fourth-order valence-electron chi connectivity index (χ4n) is 2.97. The number of aryl methyl sites for hydroxylation is 2. The lowest BCUT2D eigenvalue weighted by molar-refractivity contribution is 0.0455. The molecule has 31 heavy (non-hydrogen) atoms. The van der Waals surface area contributed by atoms with Gasteiger partial charge in [0.05, 0.1) is 5.39 Å². The quantitative estimate of drug-likeness (QED) is 0.467. The van der Waals surface area contributed by atoms with Gasteiger partial charge in [-0.25, -0.2) is 9.48 Å². The van der Waals surface area contributed by atoms with Crippen LogP contribution in [0.4, 0.5) is 17.6 Å². The number of hydrogen-bond donors (Lipinski definition) is 2. The monoisotopic (exact) mass is 417 g/mol. The number of anilines is 3. The number of aromatic nitrogens is 5. The summed E-state index contributed by atoms with van der Waals surface area (Å²) in [5.74, 6) is -0.321. The van der Waals surface area contributed by atoms with E-state index in [1.165, 1.54) is 7.05 Å². The van der Waals surface area contributed by atoms with E-state index in [1.54, 1.807) is 24.3 Å². The minimum atomic E-state index is -0.709. The van der Waals surface area contributed by atoms with E-state index < -0.39 is 5.97 Å². The van der Waals surface area contributed by atoms with Crippen LogP contribution in [0.1, 0.15) is 21.9 Å². The summed E-state index contributed by atoms with van der Waals surface area (Å²) in [5.41, 5.74) is 7.39. The van der Waals surface area contributed by atoms with Crippen molar-refractivity contribution in [3.05, 3.63) is 76.0 Å². The number of hydrogen-bond acceptors (Lipinski definition) is 9. The van der Waals surface area contributed by atoms with Crippen molar-refractivity contribution >= 4 is 34.3 Å². The van der Waals surface area contributed by atoms with Crippen LogP contribution >= 0.6 is 0 Å². The predicted octanol–water partition coefficient (Wildman–Crippen LogP) is 2.11. The molecule has 4 rings (SSSR count). The second kappa shape index (κ2) is 8.19. The summed E-state index contributed by atoms with van der Waals surface area (Å²) >= 11 is 0. The molecule has 156 valence electrons. The van der Waals surface area contributed by atoms with Gasteiger partial charge in [-0.2, -0.15) is 20.1 Å². The number of nitrogens with one attached hydrogen (secondary N) is 1. The molecular formula is C21H19N7O3. The first kappa shape index (κ1) is 20.0. The Morgan fingerprint density at radius 3 is 2.52 bits per heavy atom. The molecule has 0 amide bonds. The number of rotatable bonds is 5. The third kappa shape index (κ3) is 4.32. The Bertz CT molecular complexity index is 1330. The molecule has 0 radical (unpaired) electrons. The molecule has 10 heteroatoms. The zero-order valence-corrected chi connectivity index (χ0v) is 16.9.